The van der Waals surface area contributed by atoms with Crippen LogP contribution < -0.4 is 20.1 Å². The molecule has 2 N–H and O–H groups in total. The van der Waals surface area contributed by atoms with Crippen molar-refractivity contribution < 1.29 is 9.47 Å². The van der Waals surface area contributed by atoms with Crippen LogP contribution in [-0.2, 0) is 0 Å². The minimum Gasteiger partial charge on any atom is -0.497 e. The highest BCUT2D eigenvalue weighted by Gasteiger charge is 2.15. The summed E-state index contributed by atoms with van der Waals surface area (Å²) < 4.78 is 11.0. The van der Waals surface area contributed by atoms with Crippen molar-refractivity contribution in [3.8, 4) is 11.5 Å². The molecule has 1 aromatic rings. The Morgan fingerprint density at radius 3 is 2.70 bits per heavy atom. The number of guanidine groups is 1. The van der Waals surface area contributed by atoms with Gasteiger partial charge in [0.1, 0.15) is 17.6 Å². The van der Waals surface area contributed by atoms with Crippen molar-refractivity contribution in [2.75, 3.05) is 32.2 Å². The summed E-state index contributed by atoms with van der Waals surface area (Å²) in [5.41, 5.74) is 0. The molecule has 0 aliphatic carbocycles. The van der Waals surface area contributed by atoms with Crippen LogP contribution in [0.1, 0.15) is 19.8 Å². The van der Waals surface area contributed by atoms with Crippen LogP contribution in [0, 0.1) is 0 Å². The normalized spacial score (nSPS) is 19.8. The van der Waals surface area contributed by atoms with Gasteiger partial charge in [-0.2, -0.15) is 11.8 Å². The predicted octanol–water partition coefficient (Wildman–Crippen LogP) is 2.52. The van der Waals surface area contributed by atoms with Crippen molar-refractivity contribution >= 4 is 17.7 Å². The van der Waals surface area contributed by atoms with Crippen molar-refractivity contribution in [2.24, 2.45) is 4.99 Å². The number of nitrogens with one attached hydrogen (secondary N) is 2. The third-order valence-corrected chi connectivity index (χ3v) is 4.89. The van der Waals surface area contributed by atoms with Gasteiger partial charge in [0.05, 0.1) is 13.7 Å². The van der Waals surface area contributed by atoms with Crippen LogP contribution in [0.4, 0.5) is 0 Å². The first-order valence-electron chi connectivity index (χ1n) is 8.07. The van der Waals surface area contributed by atoms with Crippen molar-refractivity contribution in [1.82, 2.24) is 10.6 Å². The Kier molecular flexibility index (Phi) is 7.39. The number of ether oxygens (including phenoxy) is 2. The third-order valence-electron chi connectivity index (χ3n) is 3.68. The molecule has 1 aliphatic heterocycles. The Morgan fingerprint density at radius 1 is 1.35 bits per heavy atom. The van der Waals surface area contributed by atoms with Gasteiger partial charge in [-0.05, 0) is 49.8 Å². The van der Waals surface area contributed by atoms with Crippen molar-refractivity contribution in [3.05, 3.63) is 24.3 Å². The maximum atomic E-state index is 5.89. The Balaban J connectivity index is 1.73. The van der Waals surface area contributed by atoms with Gasteiger partial charge in [-0.3, -0.25) is 4.99 Å². The molecule has 2 atom stereocenters. The molecule has 2 unspecified atom stereocenters. The summed E-state index contributed by atoms with van der Waals surface area (Å²) in [5.74, 6) is 4.95. The largest absolute Gasteiger partial charge is 0.497 e. The first-order chi connectivity index (χ1) is 11.2. The molecular weight excluding hydrogens is 310 g/mol. The van der Waals surface area contributed by atoms with Crippen LogP contribution in [0.15, 0.2) is 29.3 Å². The highest BCUT2D eigenvalue weighted by atomic mass is 32.2. The molecule has 0 saturated carbocycles. The fourth-order valence-corrected chi connectivity index (χ4v) is 3.48. The summed E-state index contributed by atoms with van der Waals surface area (Å²) >= 11 is 2.00. The van der Waals surface area contributed by atoms with Gasteiger partial charge >= 0.3 is 0 Å². The van der Waals surface area contributed by atoms with E-state index >= 15 is 0 Å². The van der Waals surface area contributed by atoms with Crippen LogP contribution in [0.25, 0.3) is 0 Å². The van der Waals surface area contributed by atoms with Crippen molar-refractivity contribution in [3.63, 3.8) is 0 Å². The summed E-state index contributed by atoms with van der Waals surface area (Å²) in [7, 11) is 3.46. The third kappa shape index (κ3) is 6.22. The lowest BCUT2D eigenvalue weighted by molar-refractivity contribution is 0.223. The van der Waals surface area contributed by atoms with Gasteiger partial charge in [0.25, 0.3) is 0 Å². The number of aliphatic imine (C=N–C) groups is 1. The van der Waals surface area contributed by atoms with Crippen LogP contribution in [0.2, 0.25) is 0 Å². The summed E-state index contributed by atoms with van der Waals surface area (Å²) in [6.45, 7) is 2.74. The van der Waals surface area contributed by atoms with Gasteiger partial charge < -0.3 is 20.1 Å². The minimum atomic E-state index is 0.0441. The molecule has 0 radical (unpaired) electrons. The number of thioether (sulfide) groups is 1. The predicted molar refractivity (Wildman–Crippen MR) is 97.9 cm³/mol. The first-order valence-corrected chi connectivity index (χ1v) is 9.22. The lowest BCUT2D eigenvalue weighted by Crippen LogP contribution is -2.47. The molecule has 0 spiro atoms. The van der Waals surface area contributed by atoms with E-state index in [1.54, 1.807) is 14.2 Å². The fourth-order valence-electron chi connectivity index (χ4n) is 2.41. The van der Waals surface area contributed by atoms with Gasteiger partial charge in [0, 0.05) is 18.8 Å². The molecule has 0 aromatic heterocycles. The standard InChI is InChI=1S/C17H27N3O2S/c1-13(22-16-8-6-15(21-3)7-9-16)11-19-17(18-2)20-14-5-4-10-23-12-14/h6-9,13-14H,4-5,10-12H2,1-3H3,(H2,18,19,20). The molecule has 5 nitrogen and oxygen atoms in total. The van der Waals surface area contributed by atoms with Crippen LogP contribution in [0.5, 0.6) is 11.5 Å². The summed E-state index contributed by atoms with van der Waals surface area (Å²) in [4.78, 5) is 4.30. The van der Waals surface area contributed by atoms with E-state index in [9.17, 15) is 0 Å². The SMILES string of the molecule is CN=C(NCC(C)Oc1ccc(OC)cc1)NC1CCCSC1. The second-order valence-corrected chi connectivity index (χ2v) is 6.77. The number of methoxy groups -OCH3 is 1. The average molecular weight is 337 g/mol. The number of hydrogen-bond donors (Lipinski definition) is 2. The molecule has 1 aliphatic rings. The van der Waals surface area contributed by atoms with Gasteiger partial charge in [-0.1, -0.05) is 0 Å². The zero-order chi connectivity index (χ0) is 16.5. The Labute approximate surface area is 143 Å². The highest BCUT2D eigenvalue weighted by molar-refractivity contribution is 7.99. The number of nitrogens with zero attached hydrogens (tertiary/aromatic N) is 1. The second-order valence-electron chi connectivity index (χ2n) is 5.62. The number of hydrogen-bond acceptors (Lipinski definition) is 4. The molecule has 0 bridgehead atoms. The van der Waals surface area contributed by atoms with Crippen LogP contribution >= 0.6 is 11.8 Å². The van der Waals surface area contributed by atoms with Gasteiger partial charge in [-0.15, -0.1) is 0 Å². The van der Waals surface area contributed by atoms with Crippen LogP contribution in [-0.4, -0.2) is 50.3 Å². The van der Waals surface area contributed by atoms with Crippen molar-refractivity contribution in [2.45, 2.75) is 31.9 Å². The molecule has 23 heavy (non-hydrogen) atoms. The molecule has 1 fully saturated rings. The summed E-state index contributed by atoms with van der Waals surface area (Å²) in [6.07, 6.45) is 2.53. The van der Waals surface area contributed by atoms with Gasteiger partial charge in [0.15, 0.2) is 5.96 Å². The molecule has 2 rings (SSSR count). The molecule has 128 valence electrons. The van der Waals surface area contributed by atoms with E-state index in [2.05, 4.69) is 15.6 Å². The monoisotopic (exact) mass is 337 g/mol. The molecule has 1 saturated heterocycles. The summed E-state index contributed by atoms with van der Waals surface area (Å²) in [6, 6.07) is 8.15. The van der Waals surface area contributed by atoms with E-state index in [4.69, 9.17) is 9.47 Å². The Hall–Kier alpha value is -1.56. The van der Waals surface area contributed by atoms with Gasteiger partial charge in [-0.25, -0.2) is 0 Å². The fraction of sp³-hybridized carbons (Fsp3) is 0.588. The van der Waals surface area contributed by atoms with E-state index in [-0.39, 0.29) is 6.10 Å². The highest BCUT2D eigenvalue weighted by Crippen LogP contribution is 2.18. The topological polar surface area (TPSA) is 54.9 Å². The number of benzene rings is 1. The maximum absolute atomic E-state index is 5.89. The molecule has 6 heteroatoms. The zero-order valence-corrected chi connectivity index (χ0v) is 15.0. The first kappa shape index (κ1) is 17.8. The quantitative estimate of drug-likeness (QED) is 0.617. The molecule has 1 aromatic carbocycles. The Morgan fingerprint density at radius 2 is 2.09 bits per heavy atom. The van der Waals surface area contributed by atoms with E-state index in [0.717, 1.165) is 23.2 Å². The second kappa shape index (κ2) is 9.55. The lowest BCUT2D eigenvalue weighted by Gasteiger charge is -2.25. The van der Waals surface area contributed by atoms with Crippen LogP contribution in [0.3, 0.4) is 0 Å². The van der Waals surface area contributed by atoms with E-state index in [1.807, 2.05) is 43.0 Å². The average Bonchev–Trinajstić information content (AvgIpc) is 2.60. The smallest absolute Gasteiger partial charge is 0.191 e. The summed E-state index contributed by atoms with van der Waals surface area (Å²) in [5, 5.41) is 6.83. The van der Waals surface area contributed by atoms with E-state index in [0.29, 0.717) is 12.6 Å². The maximum Gasteiger partial charge on any atom is 0.191 e. The molecule has 0 amide bonds. The van der Waals surface area contributed by atoms with Gasteiger partial charge in [0.2, 0.25) is 0 Å². The minimum absolute atomic E-state index is 0.0441. The number of rotatable bonds is 6. The van der Waals surface area contributed by atoms with Crippen molar-refractivity contribution in [1.29, 1.82) is 0 Å². The Bertz CT molecular complexity index is 487. The molecule has 1 heterocycles. The lowest BCUT2D eigenvalue weighted by atomic mass is 10.2. The van der Waals surface area contributed by atoms with E-state index in [1.165, 1.54) is 18.6 Å². The molecular formula is C17H27N3O2S. The zero-order valence-electron chi connectivity index (χ0n) is 14.2. The van der Waals surface area contributed by atoms with E-state index < -0.39 is 0 Å².